The van der Waals surface area contributed by atoms with E-state index in [2.05, 4.69) is 27.1 Å². The minimum absolute atomic E-state index is 0.0836. The van der Waals surface area contributed by atoms with Crippen LogP contribution in [0.1, 0.15) is 21.0 Å². The van der Waals surface area contributed by atoms with E-state index in [0.29, 0.717) is 24.4 Å². The molecule has 0 spiro atoms. The van der Waals surface area contributed by atoms with Crippen molar-refractivity contribution in [3.63, 3.8) is 0 Å². The Hall–Kier alpha value is -1.90. The second kappa shape index (κ2) is 9.70. The van der Waals surface area contributed by atoms with Gasteiger partial charge in [0.15, 0.2) is 0 Å². The first kappa shape index (κ1) is 20.4. The van der Waals surface area contributed by atoms with E-state index in [-0.39, 0.29) is 5.91 Å². The lowest BCUT2D eigenvalue weighted by Gasteiger charge is -2.19. The van der Waals surface area contributed by atoms with Crippen LogP contribution in [0.5, 0.6) is 0 Å². The van der Waals surface area contributed by atoms with Gasteiger partial charge in [-0.3, -0.25) is 4.79 Å². The smallest absolute Gasteiger partial charge is 0.261 e. The van der Waals surface area contributed by atoms with Gasteiger partial charge in [0, 0.05) is 37.2 Å². The van der Waals surface area contributed by atoms with Crippen LogP contribution < -0.4 is 14.9 Å². The number of hydrogen-bond donors (Lipinski definition) is 2. The first-order valence-electron chi connectivity index (χ1n) is 8.43. The molecule has 0 unspecified atom stereocenters. The van der Waals surface area contributed by atoms with Crippen LogP contribution >= 0.6 is 11.3 Å². The molecule has 0 bridgehead atoms. The average Bonchev–Trinajstić information content (AvgIpc) is 3.07. The number of anilines is 1. The molecule has 0 fully saturated rings. The van der Waals surface area contributed by atoms with E-state index in [9.17, 15) is 13.2 Å². The minimum atomic E-state index is -3.17. The third kappa shape index (κ3) is 7.15. The third-order valence-electron chi connectivity index (χ3n) is 3.77. The molecule has 2 N–H and O–H groups in total. The molecular formula is C18H25N3O3S2. The molecular weight excluding hydrogens is 370 g/mol. The van der Waals surface area contributed by atoms with Crippen molar-refractivity contribution in [2.24, 2.45) is 0 Å². The van der Waals surface area contributed by atoms with Gasteiger partial charge in [0.1, 0.15) is 0 Å². The van der Waals surface area contributed by atoms with E-state index in [1.807, 2.05) is 31.3 Å². The number of nitrogens with one attached hydrogen (secondary N) is 2. The number of para-hydroxylation sites is 1. The Morgan fingerprint density at radius 3 is 2.54 bits per heavy atom. The molecule has 1 aromatic carbocycles. The zero-order valence-corrected chi connectivity index (χ0v) is 16.7. The zero-order valence-electron chi connectivity index (χ0n) is 15.1. The van der Waals surface area contributed by atoms with Crippen LogP contribution in [-0.4, -0.2) is 47.3 Å². The van der Waals surface area contributed by atoms with E-state index >= 15 is 0 Å². The number of carbonyl (C=O) groups is 1. The van der Waals surface area contributed by atoms with Crippen LogP contribution in [0.15, 0.2) is 42.5 Å². The highest BCUT2D eigenvalue weighted by molar-refractivity contribution is 7.88. The fourth-order valence-corrected chi connectivity index (χ4v) is 3.81. The number of hydrogen-bond acceptors (Lipinski definition) is 5. The van der Waals surface area contributed by atoms with Crippen LogP contribution in [-0.2, 0) is 16.4 Å². The summed E-state index contributed by atoms with van der Waals surface area (Å²) in [6.07, 6.45) is 2.57. The van der Waals surface area contributed by atoms with Gasteiger partial charge in [0.05, 0.1) is 11.1 Å². The molecule has 0 radical (unpaired) electrons. The maximum Gasteiger partial charge on any atom is 0.261 e. The number of benzene rings is 1. The van der Waals surface area contributed by atoms with Crippen molar-refractivity contribution in [2.75, 3.05) is 37.8 Å². The van der Waals surface area contributed by atoms with Gasteiger partial charge in [-0.2, -0.15) is 0 Å². The molecule has 2 aromatic rings. The minimum Gasteiger partial charge on any atom is -0.375 e. The van der Waals surface area contributed by atoms with Crippen molar-refractivity contribution >= 4 is 33.0 Å². The lowest BCUT2D eigenvalue weighted by molar-refractivity contribution is 0.0957. The maximum absolute atomic E-state index is 12.2. The largest absolute Gasteiger partial charge is 0.375 e. The standard InChI is InChI=1S/C18H25N3O3S2/c1-21(15-7-4-3-5-8-15)14-6-12-19-18(22)17-10-9-16(25-17)11-13-20-26(2,23)24/h3-5,7-10,20H,6,11-14H2,1-2H3,(H,19,22). The number of nitrogens with zero attached hydrogens (tertiary/aromatic N) is 1. The van der Waals surface area contributed by atoms with Crippen molar-refractivity contribution in [2.45, 2.75) is 12.8 Å². The molecule has 1 heterocycles. The fraction of sp³-hybridized carbons (Fsp3) is 0.389. The van der Waals surface area contributed by atoms with Crippen LogP contribution in [0.3, 0.4) is 0 Å². The summed E-state index contributed by atoms with van der Waals surface area (Å²) in [6.45, 7) is 1.81. The Morgan fingerprint density at radius 1 is 1.12 bits per heavy atom. The molecule has 0 aliphatic rings. The molecule has 2 rings (SSSR count). The second-order valence-corrected chi connectivity index (χ2v) is 9.05. The summed E-state index contributed by atoms with van der Waals surface area (Å²) in [5.41, 5.74) is 1.16. The molecule has 6 nitrogen and oxygen atoms in total. The Labute approximate surface area is 159 Å². The summed E-state index contributed by atoms with van der Waals surface area (Å²) in [5.74, 6) is -0.0836. The molecule has 1 amide bonds. The summed E-state index contributed by atoms with van der Waals surface area (Å²) in [5, 5.41) is 2.93. The zero-order chi connectivity index (χ0) is 19.0. The highest BCUT2D eigenvalue weighted by Gasteiger charge is 2.09. The highest BCUT2D eigenvalue weighted by atomic mass is 32.2. The van der Waals surface area contributed by atoms with Crippen molar-refractivity contribution < 1.29 is 13.2 Å². The maximum atomic E-state index is 12.2. The molecule has 142 valence electrons. The molecule has 0 saturated heterocycles. The van der Waals surface area contributed by atoms with Gasteiger partial charge in [-0.05, 0) is 37.1 Å². The topological polar surface area (TPSA) is 78.5 Å². The van der Waals surface area contributed by atoms with Gasteiger partial charge < -0.3 is 10.2 Å². The third-order valence-corrected chi connectivity index (χ3v) is 5.65. The molecule has 1 aromatic heterocycles. The Kier molecular flexibility index (Phi) is 7.62. The van der Waals surface area contributed by atoms with E-state index in [1.54, 1.807) is 6.07 Å². The SMILES string of the molecule is CN(CCCNC(=O)c1ccc(CCNS(C)(=O)=O)s1)c1ccccc1. The van der Waals surface area contributed by atoms with Crippen molar-refractivity contribution in [3.05, 3.63) is 52.2 Å². The quantitative estimate of drug-likeness (QED) is 0.604. The lowest BCUT2D eigenvalue weighted by Crippen LogP contribution is -2.27. The summed E-state index contributed by atoms with van der Waals surface area (Å²) >= 11 is 1.40. The molecule has 26 heavy (non-hydrogen) atoms. The Morgan fingerprint density at radius 2 is 1.85 bits per heavy atom. The van der Waals surface area contributed by atoms with Gasteiger partial charge in [-0.25, -0.2) is 13.1 Å². The molecule has 0 atom stereocenters. The molecule has 0 aliphatic heterocycles. The summed E-state index contributed by atoms with van der Waals surface area (Å²) in [6, 6.07) is 13.8. The van der Waals surface area contributed by atoms with Crippen LogP contribution in [0, 0.1) is 0 Å². The number of carbonyl (C=O) groups excluding carboxylic acids is 1. The van der Waals surface area contributed by atoms with Crippen LogP contribution in [0.4, 0.5) is 5.69 Å². The van der Waals surface area contributed by atoms with Gasteiger partial charge in [0.2, 0.25) is 10.0 Å². The van der Waals surface area contributed by atoms with Gasteiger partial charge in [0.25, 0.3) is 5.91 Å². The number of rotatable bonds is 10. The summed E-state index contributed by atoms with van der Waals surface area (Å²) < 4.78 is 24.5. The van der Waals surface area contributed by atoms with Crippen molar-refractivity contribution in [1.82, 2.24) is 10.0 Å². The predicted molar refractivity (Wildman–Crippen MR) is 108 cm³/mol. The molecule has 8 heteroatoms. The Bertz CT molecular complexity index is 804. The molecule has 0 aliphatic carbocycles. The first-order valence-corrected chi connectivity index (χ1v) is 11.1. The highest BCUT2D eigenvalue weighted by Crippen LogP contribution is 2.17. The summed E-state index contributed by atoms with van der Waals surface area (Å²) in [4.78, 5) is 16.0. The monoisotopic (exact) mass is 395 g/mol. The normalized spacial score (nSPS) is 11.3. The van der Waals surface area contributed by atoms with Gasteiger partial charge >= 0.3 is 0 Å². The number of amides is 1. The number of sulfonamides is 1. The van der Waals surface area contributed by atoms with E-state index < -0.39 is 10.0 Å². The van der Waals surface area contributed by atoms with Crippen LogP contribution in [0.25, 0.3) is 0 Å². The predicted octanol–water partition coefficient (Wildman–Crippen LogP) is 2.10. The van der Waals surface area contributed by atoms with Crippen molar-refractivity contribution in [3.8, 4) is 0 Å². The summed E-state index contributed by atoms with van der Waals surface area (Å²) in [7, 11) is -1.14. The molecule has 0 saturated carbocycles. The van der Waals surface area contributed by atoms with E-state index in [1.165, 1.54) is 11.3 Å². The van der Waals surface area contributed by atoms with E-state index in [0.717, 1.165) is 29.8 Å². The fourth-order valence-electron chi connectivity index (χ4n) is 2.41. The second-order valence-electron chi connectivity index (χ2n) is 6.05. The van der Waals surface area contributed by atoms with Gasteiger partial charge in [-0.15, -0.1) is 11.3 Å². The van der Waals surface area contributed by atoms with E-state index in [4.69, 9.17) is 0 Å². The lowest BCUT2D eigenvalue weighted by atomic mass is 10.3. The average molecular weight is 396 g/mol. The number of thiophene rings is 1. The Balaban J connectivity index is 1.69. The van der Waals surface area contributed by atoms with Crippen molar-refractivity contribution in [1.29, 1.82) is 0 Å². The van der Waals surface area contributed by atoms with Gasteiger partial charge in [-0.1, -0.05) is 18.2 Å². The van der Waals surface area contributed by atoms with Crippen LogP contribution in [0.2, 0.25) is 0 Å². The first-order chi connectivity index (χ1) is 12.3.